The number of nitrogens with zero attached hydrogens (tertiary/aromatic N) is 1. The van der Waals surface area contributed by atoms with Crippen LogP contribution in [0.1, 0.15) is 26.2 Å². The van der Waals surface area contributed by atoms with E-state index < -0.39 is 5.54 Å². The largest absolute Gasteiger partial charge is 0.351 e. The monoisotopic (exact) mass is 167 g/mol. The Labute approximate surface area is 71.7 Å². The van der Waals surface area contributed by atoms with Gasteiger partial charge in [-0.25, -0.2) is 0 Å². The molecule has 0 aromatic rings. The molecule has 4 nitrogen and oxygen atoms in total. The van der Waals surface area contributed by atoms with Crippen molar-refractivity contribution in [3.05, 3.63) is 0 Å². The van der Waals surface area contributed by atoms with Crippen molar-refractivity contribution in [3.63, 3.8) is 0 Å². The van der Waals surface area contributed by atoms with Gasteiger partial charge in [0.15, 0.2) is 0 Å². The average Bonchev–Trinajstić information content (AvgIpc) is 2.69. The fraction of sp³-hybridized carbons (Fsp3) is 0.750. The van der Waals surface area contributed by atoms with Crippen LogP contribution < -0.4 is 11.1 Å². The van der Waals surface area contributed by atoms with E-state index in [0.717, 1.165) is 12.8 Å². The molecule has 0 spiro atoms. The molecule has 1 aliphatic rings. The van der Waals surface area contributed by atoms with Crippen LogP contribution in [0.25, 0.3) is 0 Å². The van der Waals surface area contributed by atoms with Crippen LogP contribution in [0.15, 0.2) is 0 Å². The molecule has 0 radical (unpaired) electrons. The van der Waals surface area contributed by atoms with Gasteiger partial charge in [0.05, 0.1) is 18.0 Å². The van der Waals surface area contributed by atoms with Crippen LogP contribution in [0.5, 0.6) is 0 Å². The predicted octanol–water partition coefficient (Wildman–Crippen LogP) is -0.104. The first-order valence-electron chi connectivity index (χ1n) is 4.05. The van der Waals surface area contributed by atoms with E-state index in [1.165, 1.54) is 0 Å². The molecular formula is C8H13N3O. The Morgan fingerprint density at radius 1 is 1.83 bits per heavy atom. The molecule has 1 fully saturated rings. The Morgan fingerprint density at radius 2 is 2.42 bits per heavy atom. The van der Waals surface area contributed by atoms with Crippen molar-refractivity contribution < 1.29 is 4.79 Å². The van der Waals surface area contributed by atoms with Gasteiger partial charge in [-0.2, -0.15) is 5.26 Å². The summed E-state index contributed by atoms with van der Waals surface area (Å²) < 4.78 is 0. The standard InChI is InChI=1S/C8H13N3O/c1-6(2-5-9)11-7(12)8(10)3-4-8/h6H,2-4,10H2,1H3,(H,11,12). The van der Waals surface area contributed by atoms with Crippen LogP contribution >= 0.6 is 0 Å². The normalized spacial score (nSPS) is 20.8. The summed E-state index contributed by atoms with van der Waals surface area (Å²) in [4.78, 5) is 11.3. The van der Waals surface area contributed by atoms with E-state index in [-0.39, 0.29) is 11.9 Å². The Balaban J connectivity index is 2.32. The number of nitrogens with two attached hydrogens (primary N) is 1. The molecule has 3 N–H and O–H groups in total. The zero-order valence-corrected chi connectivity index (χ0v) is 7.13. The highest BCUT2D eigenvalue weighted by molar-refractivity contribution is 5.89. The second-order valence-electron chi connectivity index (χ2n) is 3.39. The molecule has 0 bridgehead atoms. The van der Waals surface area contributed by atoms with Gasteiger partial charge < -0.3 is 11.1 Å². The summed E-state index contributed by atoms with van der Waals surface area (Å²) in [6, 6.07) is 1.90. The number of carbonyl (C=O) groups excluding carboxylic acids is 1. The van der Waals surface area contributed by atoms with Gasteiger partial charge in [-0.05, 0) is 19.8 Å². The van der Waals surface area contributed by atoms with Crippen molar-refractivity contribution in [1.29, 1.82) is 5.26 Å². The molecule has 1 unspecified atom stereocenters. The fourth-order valence-corrected chi connectivity index (χ4v) is 0.917. The third-order valence-electron chi connectivity index (χ3n) is 2.02. The second-order valence-corrected chi connectivity index (χ2v) is 3.39. The maximum atomic E-state index is 11.3. The van der Waals surface area contributed by atoms with Gasteiger partial charge in [0, 0.05) is 6.04 Å². The molecule has 0 aromatic carbocycles. The first kappa shape index (κ1) is 9.01. The molecule has 0 aromatic heterocycles. The number of nitriles is 1. The van der Waals surface area contributed by atoms with Crippen LogP contribution in [0, 0.1) is 11.3 Å². The predicted molar refractivity (Wildman–Crippen MR) is 44.0 cm³/mol. The van der Waals surface area contributed by atoms with Crippen molar-refractivity contribution in [1.82, 2.24) is 5.32 Å². The van der Waals surface area contributed by atoms with Crippen LogP contribution in [-0.2, 0) is 4.79 Å². The lowest BCUT2D eigenvalue weighted by atomic mass is 10.2. The molecule has 1 aliphatic carbocycles. The van der Waals surface area contributed by atoms with E-state index in [9.17, 15) is 4.79 Å². The smallest absolute Gasteiger partial charge is 0.240 e. The quantitative estimate of drug-likeness (QED) is 0.615. The first-order valence-corrected chi connectivity index (χ1v) is 4.05. The van der Waals surface area contributed by atoms with Crippen molar-refractivity contribution in [2.24, 2.45) is 5.73 Å². The third-order valence-corrected chi connectivity index (χ3v) is 2.02. The van der Waals surface area contributed by atoms with E-state index in [0.29, 0.717) is 6.42 Å². The molecule has 0 aliphatic heterocycles. The SMILES string of the molecule is CC(CC#N)NC(=O)C1(N)CC1. The van der Waals surface area contributed by atoms with Crippen molar-refractivity contribution >= 4 is 5.91 Å². The highest BCUT2D eigenvalue weighted by atomic mass is 16.2. The van der Waals surface area contributed by atoms with Gasteiger partial charge in [0.25, 0.3) is 0 Å². The lowest BCUT2D eigenvalue weighted by Gasteiger charge is -2.13. The van der Waals surface area contributed by atoms with E-state index in [4.69, 9.17) is 11.0 Å². The Hall–Kier alpha value is -1.08. The molecule has 4 heteroatoms. The number of hydrogen-bond donors (Lipinski definition) is 2. The van der Waals surface area contributed by atoms with Gasteiger partial charge in [0.2, 0.25) is 5.91 Å². The van der Waals surface area contributed by atoms with Gasteiger partial charge in [-0.1, -0.05) is 0 Å². The minimum atomic E-state index is -0.621. The van der Waals surface area contributed by atoms with Crippen molar-refractivity contribution in [3.8, 4) is 6.07 Å². The maximum Gasteiger partial charge on any atom is 0.240 e. The molecular weight excluding hydrogens is 154 g/mol. The summed E-state index contributed by atoms with van der Waals surface area (Å²) in [5.74, 6) is -0.120. The molecule has 1 amide bonds. The second kappa shape index (κ2) is 3.11. The van der Waals surface area contributed by atoms with Gasteiger partial charge in [-0.15, -0.1) is 0 Å². The molecule has 1 atom stereocenters. The zero-order chi connectivity index (χ0) is 9.19. The van der Waals surface area contributed by atoms with Crippen LogP contribution in [0.4, 0.5) is 0 Å². The van der Waals surface area contributed by atoms with Crippen molar-refractivity contribution in [2.45, 2.75) is 37.8 Å². The van der Waals surface area contributed by atoms with E-state index >= 15 is 0 Å². The van der Waals surface area contributed by atoms with Crippen LogP contribution in [0.2, 0.25) is 0 Å². The molecule has 66 valence electrons. The number of amides is 1. The summed E-state index contributed by atoms with van der Waals surface area (Å²) >= 11 is 0. The lowest BCUT2D eigenvalue weighted by Crippen LogP contribution is -2.46. The van der Waals surface area contributed by atoms with E-state index in [1.54, 1.807) is 6.92 Å². The third kappa shape index (κ3) is 1.95. The van der Waals surface area contributed by atoms with Gasteiger partial charge in [0.1, 0.15) is 0 Å². The Morgan fingerprint density at radius 3 is 2.83 bits per heavy atom. The summed E-state index contributed by atoms with van der Waals surface area (Å²) in [6.07, 6.45) is 1.86. The summed E-state index contributed by atoms with van der Waals surface area (Å²) in [5.41, 5.74) is 5.02. The van der Waals surface area contributed by atoms with E-state index in [2.05, 4.69) is 5.32 Å². The number of hydrogen-bond acceptors (Lipinski definition) is 3. The summed E-state index contributed by atoms with van der Waals surface area (Å²) in [7, 11) is 0. The molecule has 12 heavy (non-hydrogen) atoms. The topological polar surface area (TPSA) is 78.9 Å². The molecule has 1 saturated carbocycles. The fourth-order valence-electron chi connectivity index (χ4n) is 0.917. The lowest BCUT2D eigenvalue weighted by molar-refractivity contribution is -0.123. The van der Waals surface area contributed by atoms with E-state index in [1.807, 2.05) is 6.07 Å². The molecule has 0 heterocycles. The Bertz CT molecular complexity index is 227. The van der Waals surface area contributed by atoms with Crippen LogP contribution in [0.3, 0.4) is 0 Å². The van der Waals surface area contributed by atoms with Gasteiger partial charge >= 0.3 is 0 Å². The minimum Gasteiger partial charge on any atom is -0.351 e. The van der Waals surface area contributed by atoms with Gasteiger partial charge in [-0.3, -0.25) is 4.79 Å². The highest BCUT2D eigenvalue weighted by Gasteiger charge is 2.46. The summed E-state index contributed by atoms with van der Waals surface area (Å²) in [5, 5.41) is 11.0. The zero-order valence-electron chi connectivity index (χ0n) is 7.13. The van der Waals surface area contributed by atoms with Crippen LogP contribution in [-0.4, -0.2) is 17.5 Å². The molecule has 0 saturated heterocycles. The number of nitrogens with one attached hydrogen (secondary N) is 1. The highest BCUT2D eigenvalue weighted by Crippen LogP contribution is 2.32. The first-order chi connectivity index (χ1) is 5.58. The Kier molecular flexibility index (Phi) is 2.34. The molecule has 1 rings (SSSR count). The number of carbonyl (C=O) groups is 1. The average molecular weight is 167 g/mol. The van der Waals surface area contributed by atoms with Crippen molar-refractivity contribution in [2.75, 3.05) is 0 Å². The summed E-state index contributed by atoms with van der Waals surface area (Å²) in [6.45, 7) is 1.80. The minimum absolute atomic E-state index is 0.0940. The maximum absolute atomic E-state index is 11.3. The number of rotatable bonds is 3.